The molecule has 1 aliphatic heterocycles. The van der Waals surface area contributed by atoms with Crippen LogP contribution in [0.5, 0.6) is 0 Å². The number of nitrogens with one attached hydrogen (secondary N) is 2. The van der Waals surface area contributed by atoms with Gasteiger partial charge in [0, 0.05) is 50.4 Å². The Bertz CT molecular complexity index is 1250. The summed E-state index contributed by atoms with van der Waals surface area (Å²) >= 11 is 0. The number of rotatable bonds is 6. The molecule has 1 fully saturated rings. The van der Waals surface area contributed by atoms with E-state index in [1.165, 1.54) is 19.6 Å². The lowest BCUT2D eigenvalue weighted by Gasteiger charge is -2.26. The summed E-state index contributed by atoms with van der Waals surface area (Å²) in [7, 11) is -0.280. The normalized spacial score (nSPS) is 15.6. The number of carbonyl (C=O) groups is 3. The minimum atomic E-state index is -2.90. The lowest BCUT2D eigenvalue weighted by Crippen LogP contribution is -2.54. The Kier molecular flexibility index (Phi) is 8.82. The van der Waals surface area contributed by atoms with Crippen LogP contribution in [0.25, 0.3) is 0 Å². The van der Waals surface area contributed by atoms with E-state index >= 15 is 0 Å². The van der Waals surface area contributed by atoms with Gasteiger partial charge in [-0.15, -0.1) is 0 Å². The van der Waals surface area contributed by atoms with Crippen molar-refractivity contribution in [3.05, 3.63) is 70.8 Å². The second-order valence-corrected chi connectivity index (χ2v) is 10.7. The van der Waals surface area contributed by atoms with Gasteiger partial charge in [0.2, 0.25) is 0 Å². The van der Waals surface area contributed by atoms with E-state index in [1.807, 2.05) is 24.3 Å². The van der Waals surface area contributed by atoms with E-state index < -0.39 is 33.6 Å². The van der Waals surface area contributed by atoms with Crippen LogP contribution in [0.3, 0.4) is 0 Å². The van der Waals surface area contributed by atoms with Crippen molar-refractivity contribution in [2.45, 2.75) is 12.6 Å². The molecule has 1 unspecified atom stereocenters. The summed E-state index contributed by atoms with van der Waals surface area (Å²) in [6, 6.07) is 12.6. The van der Waals surface area contributed by atoms with Crippen molar-refractivity contribution in [3.8, 4) is 11.8 Å². The molecule has 3 rings (SSSR count). The number of hydrogen-bond acceptors (Lipinski definition) is 7. The average Bonchev–Trinajstić information content (AvgIpc) is 2.89. The molecule has 3 N–H and O–H groups in total. The number of hydroxylamine groups is 1. The highest BCUT2D eigenvalue weighted by molar-refractivity contribution is 7.91. The minimum absolute atomic E-state index is 0.198. The molecule has 2 aromatic carbocycles. The van der Waals surface area contributed by atoms with Crippen LogP contribution >= 0.6 is 0 Å². The Hall–Kier alpha value is -3.72. The summed E-state index contributed by atoms with van der Waals surface area (Å²) in [5, 5.41) is 11.2. The second-order valence-electron chi connectivity index (χ2n) is 8.36. The zero-order valence-electron chi connectivity index (χ0n) is 20.0. The van der Waals surface area contributed by atoms with Gasteiger partial charge in [0.15, 0.2) is 15.9 Å². The standard InChI is InChI=1S/C25H28N4O6S/c1-26-23(30)22(24(31)27-33)28(2)25(32)21-11-9-19(10-12-21)4-3-18-5-7-20(8-6-18)17-29-13-15-36(34,35)16-14-29/h5-12,22,33H,13-17H2,1-2H3,(H,26,30)(H,27,31). The molecule has 3 amide bonds. The van der Waals surface area contributed by atoms with E-state index in [4.69, 9.17) is 5.21 Å². The molecule has 2 aromatic rings. The molecule has 0 aliphatic carbocycles. The molecule has 10 nitrogen and oxygen atoms in total. The van der Waals surface area contributed by atoms with Gasteiger partial charge in [0.25, 0.3) is 17.7 Å². The van der Waals surface area contributed by atoms with Crippen molar-refractivity contribution in [1.29, 1.82) is 0 Å². The predicted octanol–water partition coefficient (Wildman–Crippen LogP) is 0.00880. The van der Waals surface area contributed by atoms with Gasteiger partial charge in [0.1, 0.15) is 0 Å². The molecule has 1 heterocycles. The minimum Gasteiger partial charge on any atom is -0.357 e. The molecule has 0 radical (unpaired) electrons. The molecule has 36 heavy (non-hydrogen) atoms. The molecular weight excluding hydrogens is 484 g/mol. The number of nitrogens with zero attached hydrogens (tertiary/aromatic N) is 2. The third kappa shape index (κ3) is 6.91. The number of hydrogen-bond donors (Lipinski definition) is 3. The first-order valence-corrected chi connectivity index (χ1v) is 13.0. The topological polar surface area (TPSA) is 136 Å². The maximum Gasteiger partial charge on any atom is 0.275 e. The first-order valence-electron chi connectivity index (χ1n) is 11.2. The van der Waals surface area contributed by atoms with Crippen LogP contribution in [0.2, 0.25) is 0 Å². The number of likely N-dealkylation sites (N-methyl/N-ethyl adjacent to an activating group) is 2. The monoisotopic (exact) mass is 512 g/mol. The second kappa shape index (κ2) is 11.8. The lowest BCUT2D eigenvalue weighted by molar-refractivity contribution is -0.140. The zero-order chi connectivity index (χ0) is 26.3. The number of sulfone groups is 1. The molecular formula is C25H28N4O6S. The first-order chi connectivity index (χ1) is 17.1. The van der Waals surface area contributed by atoms with Gasteiger partial charge < -0.3 is 10.2 Å². The Morgan fingerprint density at radius 1 is 0.972 bits per heavy atom. The molecule has 0 saturated carbocycles. The highest BCUT2D eigenvalue weighted by Crippen LogP contribution is 2.12. The van der Waals surface area contributed by atoms with Crippen LogP contribution in [0.15, 0.2) is 48.5 Å². The van der Waals surface area contributed by atoms with Crippen molar-refractivity contribution in [2.75, 3.05) is 38.7 Å². The first kappa shape index (κ1) is 26.9. The Morgan fingerprint density at radius 2 is 1.50 bits per heavy atom. The Morgan fingerprint density at radius 3 is 2.00 bits per heavy atom. The summed E-state index contributed by atoms with van der Waals surface area (Å²) in [5.41, 5.74) is 4.21. The average molecular weight is 513 g/mol. The smallest absolute Gasteiger partial charge is 0.275 e. The molecule has 190 valence electrons. The van der Waals surface area contributed by atoms with Crippen LogP contribution in [-0.2, 0) is 26.0 Å². The van der Waals surface area contributed by atoms with Gasteiger partial charge in [-0.2, -0.15) is 0 Å². The van der Waals surface area contributed by atoms with E-state index in [1.54, 1.807) is 24.3 Å². The Labute approximate surface area is 210 Å². The van der Waals surface area contributed by atoms with Crippen molar-refractivity contribution < 1.29 is 28.0 Å². The van der Waals surface area contributed by atoms with Crippen molar-refractivity contribution in [3.63, 3.8) is 0 Å². The van der Waals surface area contributed by atoms with E-state index in [9.17, 15) is 22.8 Å². The van der Waals surface area contributed by atoms with Gasteiger partial charge in [-0.1, -0.05) is 24.0 Å². The fraction of sp³-hybridized carbons (Fsp3) is 0.320. The van der Waals surface area contributed by atoms with Crippen LogP contribution in [0.4, 0.5) is 0 Å². The van der Waals surface area contributed by atoms with Gasteiger partial charge in [0.05, 0.1) is 11.5 Å². The van der Waals surface area contributed by atoms with Crippen LogP contribution < -0.4 is 10.8 Å². The van der Waals surface area contributed by atoms with E-state index in [0.717, 1.165) is 16.0 Å². The van der Waals surface area contributed by atoms with E-state index in [0.29, 0.717) is 25.2 Å². The summed E-state index contributed by atoms with van der Waals surface area (Å²) in [4.78, 5) is 39.6. The number of carbonyl (C=O) groups excluding carboxylic acids is 3. The van der Waals surface area contributed by atoms with Crippen molar-refractivity contribution >= 4 is 27.6 Å². The molecule has 0 aromatic heterocycles. The summed E-state index contributed by atoms with van der Waals surface area (Å²) in [6.07, 6.45) is 0. The molecule has 0 spiro atoms. The number of amides is 3. The van der Waals surface area contributed by atoms with Crippen LogP contribution in [-0.4, -0.2) is 85.9 Å². The summed E-state index contributed by atoms with van der Waals surface area (Å²) < 4.78 is 23.1. The SMILES string of the molecule is CNC(=O)C(C(=O)NO)N(C)C(=O)c1ccc(C#Cc2ccc(CN3CCS(=O)(=O)CC3)cc2)cc1. The summed E-state index contributed by atoms with van der Waals surface area (Å²) in [6.45, 7) is 1.77. The number of benzene rings is 2. The van der Waals surface area contributed by atoms with Crippen molar-refractivity contribution in [2.24, 2.45) is 0 Å². The zero-order valence-corrected chi connectivity index (χ0v) is 20.8. The fourth-order valence-electron chi connectivity index (χ4n) is 3.69. The van der Waals surface area contributed by atoms with Gasteiger partial charge in [-0.05, 0) is 42.0 Å². The summed E-state index contributed by atoms with van der Waals surface area (Å²) in [5.74, 6) is 4.15. The quantitative estimate of drug-likeness (QED) is 0.215. The van der Waals surface area contributed by atoms with Crippen LogP contribution in [0, 0.1) is 11.8 Å². The molecule has 1 aliphatic rings. The third-order valence-electron chi connectivity index (χ3n) is 5.84. The van der Waals surface area contributed by atoms with E-state index in [2.05, 4.69) is 22.1 Å². The lowest BCUT2D eigenvalue weighted by atomic mass is 10.1. The maximum atomic E-state index is 12.7. The maximum absolute atomic E-state index is 12.7. The van der Waals surface area contributed by atoms with E-state index in [-0.39, 0.29) is 17.1 Å². The van der Waals surface area contributed by atoms with Crippen molar-refractivity contribution in [1.82, 2.24) is 20.6 Å². The van der Waals surface area contributed by atoms with Crippen LogP contribution in [0.1, 0.15) is 27.0 Å². The molecule has 1 saturated heterocycles. The van der Waals surface area contributed by atoms with Gasteiger partial charge in [-0.3, -0.25) is 24.5 Å². The predicted molar refractivity (Wildman–Crippen MR) is 133 cm³/mol. The Balaban J connectivity index is 1.62. The third-order valence-corrected chi connectivity index (χ3v) is 7.45. The van der Waals surface area contributed by atoms with Gasteiger partial charge in [-0.25, -0.2) is 13.9 Å². The van der Waals surface area contributed by atoms with Gasteiger partial charge >= 0.3 is 0 Å². The molecule has 1 atom stereocenters. The molecule has 0 bridgehead atoms. The fourth-order valence-corrected chi connectivity index (χ4v) is 4.97. The highest BCUT2D eigenvalue weighted by Gasteiger charge is 2.33. The highest BCUT2D eigenvalue weighted by atomic mass is 32.2. The molecule has 11 heteroatoms. The largest absolute Gasteiger partial charge is 0.357 e.